The molecule has 0 atom stereocenters. The number of nitrogens with one attached hydrogen (secondary N) is 1. The number of hydrogen-bond acceptors (Lipinski definition) is 3. The zero-order valence-corrected chi connectivity index (χ0v) is 9.41. The molecule has 1 rings (SSSR count). The first kappa shape index (κ1) is 11.0. The van der Waals surface area contributed by atoms with E-state index < -0.39 is 0 Å². The van der Waals surface area contributed by atoms with Gasteiger partial charge in [0.1, 0.15) is 0 Å². The zero-order chi connectivity index (χ0) is 10.6. The molecule has 4 heteroatoms. The molecule has 1 aromatic rings. The number of carbonyl (C=O) groups is 1. The molecule has 0 spiro atoms. The largest absolute Gasteiger partial charge is 0.390 e. The van der Waals surface area contributed by atoms with Gasteiger partial charge in [-0.1, -0.05) is 13.8 Å². The highest BCUT2D eigenvalue weighted by Crippen LogP contribution is 2.25. The average molecular weight is 212 g/mol. The van der Waals surface area contributed by atoms with Crippen LogP contribution in [-0.4, -0.2) is 12.5 Å². The van der Waals surface area contributed by atoms with E-state index in [1.807, 2.05) is 13.0 Å². The van der Waals surface area contributed by atoms with Gasteiger partial charge in [-0.25, -0.2) is 0 Å². The molecule has 0 saturated heterocycles. The van der Waals surface area contributed by atoms with E-state index in [0.29, 0.717) is 17.1 Å². The third-order valence-electron chi connectivity index (χ3n) is 1.94. The van der Waals surface area contributed by atoms with Crippen molar-refractivity contribution < 1.29 is 4.79 Å². The second-order valence-electron chi connectivity index (χ2n) is 3.10. The monoisotopic (exact) mass is 212 g/mol. The number of hydrogen-bond donors (Lipinski definition) is 2. The van der Waals surface area contributed by atoms with Crippen LogP contribution in [0.2, 0.25) is 0 Å². The van der Waals surface area contributed by atoms with Crippen molar-refractivity contribution >= 4 is 22.2 Å². The summed E-state index contributed by atoms with van der Waals surface area (Å²) < 4.78 is 0. The average Bonchev–Trinajstić information content (AvgIpc) is 2.56. The molecular formula is C10H16N2OS. The normalized spacial score (nSPS) is 10.1. The van der Waals surface area contributed by atoms with Crippen molar-refractivity contribution in [2.75, 3.05) is 12.3 Å². The van der Waals surface area contributed by atoms with Crippen molar-refractivity contribution in [2.45, 2.75) is 26.7 Å². The van der Waals surface area contributed by atoms with Crippen molar-refractivity contribution in [2.24, 2.45) is 0 Å². The van der Waals surface area contributed by atoms with Crippen LogP contribution in [0.3, 0.4) is 0 Å². The van der Waals surface area contributed by atoms with Crippen molar-refractivity contribution in [3.05, 3.63) is 16.5 Å². The summed E-state index contributed by atoms with van der Waals surface area (Å²) in [5, 5.41) is 3.44. The van der Waals surface area contributed by atoms with Crippen LogP contribution in [-0.2, 0) is 6.42 Å². The topological polar surface area (TPSA) is 55.1 Å². The molecular weight excluding hydrogens is 196 g/mol. The van der Waals surface area contributed by atoms with E-state index in [0.717, 1.165) is 17.7 Å². The van der Waals surface area contributed by atoms with Gasteiger partial charge in [0.25, 0.3) is 5.91 Å². The number of aryl methyl sites for hydroxylation is 1. The summed E-state index contributed by atoms with van der Waals surface area (Å²) >= 11 is 1.49. The summed E-state index contributed by atoms with van der Waals surface area (Å²) in [5.41, 5.74) is 6.37. The van der Waals surface area contributed by atoms with Gasteiger partial charge in [-0.3, -0.25) is 4.79 Å². The first-order valence-electron chi connectivity index (χ1n) is 4.85. The summed E-state index contributed by atoms with van der Waals surface area (Å²) in [6, 6.07) is 1.88. The van der Waals surface area contributed by atoms with E-state index in [4.69, 9.17) is 5.73 Å². The van der Waals surface area contributed by atoms with Crippen LogP contribution in [0.1, 0.15) is 35.5 Å². The highest BCUT2D eigenvalue weighted by atomic mass is 32.1. The molecule has 0 aliphatic heterocycles. The lowest BCUT2D eigenvalue weighted by Gasteiger charge is -2.01. The maximum Gasteiger partial charge on any atom is 0.254 e. The predicted octanol–water partition coefficient (Wildman–Crippen LogP) is 2.03. The lowest BCUT2D eigenvalue weighted by molar-refractivity contribution is 0.0955. The second-order valence-corrected chi connectivity index (χ2v) is 4.27. The van der Waals surface area contributed by atoms with Crippen molar-refractivity contribution in [1.82, 2.24) is 5.32 Å². The molecule has 0 unspecified atom stereocenters. The Balaban J connectivity index is 2.73. The van der Waals surface area contributed by atoms with Crippen molar-refractivity contribution in [1.29, 1.82) is 0 Å². The Labute approximate surface area is 88.3 Å². The van der Waals surface area contributed by atoms with Crippen LogP contribution in [0, 0.1) is 0 Å². The van der Waals surface area contributed by atoms with Crippen LogP contribution in [0.5, 0.6) is 0 Å². The van der Waals surface area contributed by atoms with Gasteiger partial charge in [-0.05, 0) is 18.9 Å². The third kappa shape index (κ3) is 2.48. The molecule has 0 saturated carbocycles. The summed E-state index contributed by atoms with van der Waals surface area (Å²) in [7, 11) is 0. The molecule has 78 valence electrons. The molecule has 0 aromatic carbocycles. The maximum atomic E-state index is 11.6. The minimum absolute atomic E-state index is 0.0553. The lowest BCUT2D eigenvalue weighted by atomic mass is 10.2. The quantitative estimate of drug-likeness (QED) is 0.802. The Kier molecular flexibility index (Phi) is 3.95. The van der Waals surface area contributed by atoms with Gasteiger partial charge in [-0.15, -0.1) is 11.3 Å². The molecule has 14 heavy (non-hydrogen) atoms. The summed E-state index contributed by atoms with van der Waals surface area (Å²) in [6.07, 6.45) is 1.87. The van der Waals surface area contributed by atoms with E-state index in [1.54, 1.807) is 0 Å². The Morgan fingerprint density at radius 2 is 2.29 bits per heavy atom. The van der Waals surface area contributed by atoms with E-state index >= 15 is 0 Å². The molecule has 3 nitrogen and oxygen atoms in total. The van der Waals surface area contributed by atoms with Crippen LogP contribution < -0.4 is 11.1 Å². The minimum atomic E-state index is -0.0553. The smallest absolute Gasteiger partial charge is 0.254 e. The summed E-state index contributed by atoms with van der Waals surface area (Å²) in [6.45, 7) is 4.78. The SMILES string of the molecule is CCCNC(=O)c1cc(CC)sc1N. The fourth-order valence-corrected chi connectivity index (χ4v) is 2.01. The van der Waals surface area contributed by atoms with Crippen molar-refractivity contribution in [3.63, 3.8) is 0 Å². The van der Waals surface area contributed by atoms with E-state index in [9.17, 15) is 4.79 Å². The fraction of sp³-hybridized carbons (Fsp3) is 0.500. The van der Waals surface area contributed by atoms with Crippen LogP contribution in [0.4, 0.5) is 5.00 Å². The molecule has 1 aromatic heterocycles. The van der Waals surface area contributed by atoms with E-state index in [-0.39, 0.29) is 5.91 Å². The molecule has 1 amide bonds. The molecule has 0 aliphatic carbocycles. The predicted molar refractivity (Wildman–Crippen MR) is 60.7 cm³/mol. The lowest BCUT2D eigenvalue weighted by Crippen LogP contribution is -2.24. The number of rotatable bonds is 4. The first-order chi connectivity index (χ1) is 6.69. The van der Waals surface area contributed by atoms with Gasteiger partial charge in [0.05, 0.1) is 10.6 Å². The molecule has 3 N–H and O–H groups in total. The van der Waals surface area contributed by atoms with Crippen LogP contribution in [0.15, 0.2) is 6.07 Å². The Hall–Kier alpha value is -1.03. The van der Waals surface area contributed by atoms with Crippen LogP contribution in [0.25, 0.3) is 0 Å². The highest BCUT2D eigenvalue weighted by Gasteiger charge is 2.12. The molecule has 0 radical (unpaired) electrons. The zero-order valence-electron chi connectivity index (χ0n) is 8.59. The van der Waals surface area contributed by atoms with Crippen molar-refractivity contribution in [3.8, 4) is 0 Å². The van der Waals surface area contributed by atoms with Crippen LogP contribution >= 0.6 is 11.3 Å². The molecule has 1 heterocycles. The standard InChI is InChI=1S/C10H16N2OS/c1-3-5-12-10(13)8-6-7(4-2)14-9(8)11/h6H,3-5,11H2,1-2H3,(H,12,13). The third-order valence-corrected chi connectivity index (χ3v) is 3.05. The van der Waals surface area contributed by atoms with Gasteiger partial charge >= 0.3 is 0 Å². The summed E-state index contributed by atoms with van der Waals surface area (Å²) in [4.78, 5) is 12.7. The second kappa shape index (κ2) is 5.00. The fourth-order valence-electron chi connectivity index (χ4n) is 1.14. The first-order valence-corrected chi connectivity index (χ1v) is 5.67. The molecule has 0 fully saturated rings. The van der Waals surface area contributed by atoms with E-state index in [1.165, 1.54) is 11.3 Å². The van der Waals surface area contributed by atoms with Gasteiger partial charge in [0, 0.05) is 11.4 Å². The number of nitrogen functional groups attached to an aromatic ring is 1. The summed E-state index contributed by atoms with van der Waals surface area (Å²) in [5.74, 6) is -0.0553. The Morgan fingerprint density at radius 3 is 2.79 bits per heavy atom. The Morgan fingerprint density at radius 1 is 1.57 bits per heavy atom. The Bertz CT molecular complexity index is 320. The van der Waals surface area contributed by atoms with Gasteiger partial charge < -0.3 is 11.1 Å². The number of thiophene rings is 1. The number of amides is 1. The number of nitrogens with two attached hydrogens (primary N) is 1. The molecule has 0 aliphatic rings. The van der Waals surface area contributed by atoms with E-state index in [2.05, 4.69) is 12.2 Å². The minimum Gasteiger partial charge on any atom is -0.390 e. The highest BCUT2D eigenvalue weighted by molar-refractivity contribution is 7.16. The van der Waals surface area contributed by atoms with Gasteiger partial charge in [0.15, 0.2) is 0 Å². The van der Waals surface area contributed by atoms with Gasteiger partial charge in [-0.2, -0.15) is 0 Å². The van der Waals surface area contributed by atoms with Gasteiger partial charge in [0.2, 0.25) is 0 Å². The maximum absolute atomic E-state index is 11.6. The number of anilines is 1. The molecule has 0 bridgehead atoms. The number of carbonyl (C=O) groups excluding carboxylic acids is 1.